The molecule has 0 amide bonds. The van der Waals surface area contributed by atoms with Crippen molar-refractivity contribution in [1.29, 1.82) is 0 Å². The summed E-state index contributed by atoms with van der Waals surface area (Å²) in [5, 5.41) is 32.7. The Morgan fingerprint density at radius 3 is 2.40 bits per heavy atom. The van der Waals surface area contributed by atoms with E-state index < -0.39 is 12.3 Å². The van der Waals surface area contributed by atoms with E-state index in [9.17, 15) is 15.3 Å². The molecule has 5 nitrogen and oxygen atoms in total. The maximum atomic E-state index is 10.3. The van der Waals surface area contributed by atoms with Gasteiger partial charge >= 0.3 is 0 Å². The molecular formula is C20H28N2O3. The van der Waals surface area contributed by atoms with Gasteiger partial charge in [0.1, 0.15) is 12.0 Å². The Kier molecular flexibility index (Phi) is 6.96. The van der Waals surface area contributed by atoms with Crippen molar-refractivity contribution < 1.29 is 15.3 Å². The number of rotatable bonds is 8. The monoisotopic (exact) mass is 344 g/mol. The molecule has 3 atom stereocenters. The van der Waals surface area contributed by atoms with Gasteiger partial charge in [0, 0.05) is 18.2 Å². The molecule has 0 aliphatic carbocycles. The fourth-order valence-electron chi connectivity index (χ4n) is 2.69. The second kappa shape index (κ2) is 8.97. The van der Waals surface area contributed by atoms with Gasteiger partial charge in [-0.15, -0.1) is 0 Å². The molecule has 2 aromatic rings. The van der Waals surface area contributed by atoms with E-state index in [1.807, 2.05) is 0 Å². The number of phenolic OH excluding ortho intramolecular Hbond substituents is 1. The highest BCUT2D eigenvalue weighted by molar-refractivity contribution is 5.38. The Bertz CT molecular complexity index is 671. The lowest BCUT2D eigenvalue weighted by Gasteiger charge is -2.19. The van der Waals surface area contributed by atoms with Crippen LogP contribution in [0.2, 0.25) is 0 Å². The van der Waals surface area contributed by atoms with E-state index in [1.165, 1.54) is 23.3 Å². The van der Waals surface area contributed by atoms with Crippen molar-refractivity contribution in [2.75, 3.05) is 6.54 Å². The molecule has 0 saturated heterocycles. The SMILES string of the molecule is Cc1ccc(CCC(C)NCC(O)c2ccc(O)c(C(N)O)c2)cc1. The summed E-state index contributed by atoms with van der Waals surface area (Å²) in [6.45, 7) is 4.56. The first-order valence-electron chi connectivity index (χ1n) is 8.60. The number of aliphatic hydroxyl groups excluding tert-OH is 2. The molecule has 136 valence electrons. The van der Waals surface area contributed by atoms with Crippen molar-refractivity contribution in [3.8, 4) is 5.75 Å². The van der Waals surface area contributed by atoms with Crippen LogP contribution >= 0.6 is 0 Å². The van der Waals surface area contributed by atoms with Crippen molar-refractivity contribution in [2.24, 2.45) is 5.73 Å². The largest absolute Gasteiger partial charge is 0.508 e. The molecule has 25 heavy (non-hydrogen) atoms. The Labute approximate surface area is 149 Å². The van der Waals surface area contributed by atoms with E-state index in [2.05, 4.69) is 43.4 Å². The highest BCUT2D eigenvalue weighted by atomic mass is 16.3. The third-order valence-electron chi connectivity index (χ3n) is 4.40. The molecule has 0 aliphatic heterocycles. The molecule has 6 N–H and O–H groups in total. The Hall–Kier alpha value is -1.92. The summed E-state index contributed by atoms with van der Waals surface area (Å²) in [6, 6.07) is 13.4. The second-order valence-corrected chi connectivity index (χ2v) is 6.61. The number of hydrogen-bond acceptors (Lipinski definition) is 5. The summed E-state index contributed by atoms with van der Waals surface area (Å²) >= 11 is 0. The smallest absolute Gasteiger partial charge is 0.132 e. The lowest BCUT2D eigenvalue weighted by atomic mass is 10.0. The summed E-state index contributed by atoms with van der Waals surface area (Å²) < 4.78 is 0. The Morgan fingerprint density at radius 1 is 1.08 bits per heavy atom. The van der Waals surface area contributed by atoms with E-state index in [0.29, 0.717) is 12.1 Å². The zero-order valence-corrected chi connectivity index (χ0v) is 14.8. The second-order valence-electron chi connectivity index (χ2n) is 6.61. The van der Waals surface area contributed by atoms with Gasteiger partial charge in [-0.3, -0.25) is 0 Å². The summed E-state index contributed by atoms with van der Waals surface area (Å²) in [6.07, 6.45) is -0.0563. The van der Waals surface area contributed by atoms with Crippen molar-refractivity contribution in [2.45, 2.75) is 45.1 Å². The van der Waals surface area contributed by atoms with Crippen LogP contribution in [0, 0.1) is 6.92 Å². The summed E-state index contributed by atoms with van der Waals surface area (Å²) in [5.41, 5.74) is 8.79. The fraction of sp³-hybridized carbons (Fsp3) is 0.400. The van der Waals surface area contributed by atoms with Crippen LogP contribution in [0.5, 0.6) is 5.75 Å². The average Bonchev–Trinajstić information content (AvgIpc) is 2.59. The predicted octanol–water partition coefficient (Wildman–Crippen LogP) is 2.29. The summed E-state index contributed by atoms with van der Waals surface area (Å²) in [5.74, 6) is -0.0784. The number of nitrogens with one attached hydrogen (secondary N) is 1. The number of aromatic hydroxyl groups is 1. The van der Waals surface area contributed by atoms with Crippen LogP contribution in [0.15, 0.2) is 42.5 Å². The number of nitrogens with two attached hydrogens (primary N) is 1. The average molecular weight is 344 g/mol. The minimum Gasteiger partial charge on any atom is -0.508 e. The van der Waals surface area contributed by atoms with Gasteiger partial charge in [0.05, 0.1) is 6.10 Å². The normalized spacial score (nSPS) is 14.9. The minimum atomic E-state index is -1.27. The van der Waals surface area contributed by atoms with E-state index in [4.69, 9.17) is 5.73 Å². The molecule has 0 saturated carbocycles. The van der Waals surface area contributed by atoms with E-state index in [1.54, 1.807) is 6.07 Å². The van der Waals surface area contributed by atoms with Gasteiger partial charge in [0.25, 0.3) is 0 Å². The van der Waals surface area contributed by atoms with Crippen molar-refractivity contribution in [3.63, 3.8) is 0 Å². The van der Waals surface area contributed by atoms with Crippen LogP contribution in [-0.2, 0) is 6.42 Å². The Morgan fingerprint density at radius 2 is 1.76 bits per heavy atom. The molecular weight excluding hydrogens is 316 g/mol. The number of hydrogen-bond donors (Lipinski definition) is 5. The maximum Gasteiger partial charge on any atom is 0.132 e. The van der Waals surface area contributed by atoms with Gasteiger partial charge in [-0.1, -0.05) is 35.9 Å². The first kappa shape index (κ1) is 19.4. The molecule has 0 heterocycles. The van der Waals surface area contributed by atoms with Crippen LogP contribution in [0.3, 0.4) is 0 Å². The zero-order chi connectivity index (χ0) is 18.4. The van der Waals surface area contributed by atoms with Gasteiger partial charge in [0.2, 0.25) is 0 Å². The highest BCUT2D eigenvalue weighted by Crippen LogP contribution is 2.25. The molecule has 2 aromatic carbocycles. The van der Waals surface area contributed by atoms with Crippen molar-refractivity contribution in [3.05, 3.63) is 64.7 Å². The molecule has 0 aliphatic rings. The zero-order valence-electron chi connectivity index (χ0n) is 14.8. The van der Waals surface area contributed by atoms with Crippen molar-refractivity contribution in [1.82, 2.24) is 5.32 Å². The highest BCUT2D eigenvalue weighted by Gasteiger charge is 2.14. The first-order valence-corrected chi connectivity index (χ1v) is 8.60. The van der Waals surface area contributed by atoms with Crippen LogP contribution in [0.4, 0.5) is 0 Å². The lowest BCUT2D eigenvalue weighted by Crippen LogP contribution is -2.30. The van der Waals surface area contributed by atoms with Crippen LogP contribution < -0.4 is 11.1 Å². The first-order chi connectivity index (χ1) is 11.9. The standard InChI is InChI=1S/C20H28N2O3/c1-13-3-6-15(7-4-13)8-5-14(2)22-12-19(24)16-9-10-18(23)17(11-16)20(21)25/h3-4,6-7,9-11,14,19-20,22-25H,5,8,12,21H2,1-2H3. The Balaban J connectivity index is 1.83. The lowest BCUT2D eigenvalue weighted by molar-refractivity contribution is 0.167. The molecule has 3 unspecified atom stereocenters. The number of benzene rings is 2. The van der Waals surface area contributed by atoms with Crippen LogP contribution in [0.1, 0.15) is 47.9 Å². The number of phenols is 1. The molecule has 5 heteroatoms. The molecule has 0 spiro atoms. The van der Waals surface area contributed by atoms with Crippen LogP contribution in [-0.4, -0.2) is 27.9 Å². The molecule has 0 fully saturated rings. The van der Waals surface area contributed by atoms with E-state index in [-0.39, 0.29) is 17.4 Å². The van der Waals surface area contributed by atoms with E-state index >= 15 is 0 Å². The minimum absolute atomic E-state index is 0.0784. The maximum absolute atomic E-state index is 10.3. The van der Waals surface area contributed by atoms with Gasteiger partial charge < -0.3 is 26.4 Å². The molecule has 0 bridgehead atoms. The van der Waals surface area contributed by atoms with Gasteiger partial charge in [-0.05, 0) is 49.9 Å². The summed E-state index contributed by atoms with van der Waals surface area (Å²) in [7, 11) is 0. The molecule has 2 rings (SSSR count). The molecule has 0 radical (unpaired) electrons. The van der Waals surface area contributed by atoms with Gasteiger partial charge in [-0.2, -0.15) is 0 Å². The topological polar surface area (TPSA) is 98.7 Å². The third-order valence-corrected chi connectivity index (χ3v) is 4.40. The quantitative estimate of drug-likeness (QED) is 0.473. The third kappa shape index (κ3) is 5.83. The van der Waals surface area contributed by atoms with Crippen molar-refractivity contribution >= 4 is 0 Å². The van der Waals surface area contributed by atoms with Crippen LogP contribution in [0.25, 0.3) is 0 Å². The molecule has 0 aromatic heterocycles. The number of aliphatic hydroxyl groups is 2. The summed E-state index contributed by atoms with van der Waals surface area (Å²) in [4.78, 5) is 0. The predicted molar refractivity (Wildman–Crippen MR) is 99.2 cm³/mol. The van der Waals surface area contributed by atoms with Gasteiger partial charge in [0.15, 0.2) is 0 Å². The number of aryl methyl sites for hydroxylation is 2. The van der Waals surface area contributed by atoms with E-state index in [0.717, 1.165) is 12.8 Å². The van der Waals surface area contributed by atoms with Gasteiger partial charge in [-0.25, -0.2) is 0 Å². The fourth-order valence-corrected chi connectivity index (χ4v) is 2.69.